The van der Waals surface area contributed by atoms with Crippen LogP contribution in [0.3, 0.4) is 0 Å². The molecule has 0 amide bonds. The second kappa shape index (κ2) is 12.2. The van der Waals surface area contributed by atoms with E-state index in [9.17, 15) is 9.59 Å². The molecule has 0 spiro atoms. The number of carbonyl (C=O) groups excluding carboxylic acids is 2. The van der Waals surface area contributed by atoms with Crippen molar-refractivity contribution in [1.82, 2.24) is 0 Å². The van der Waals surface area contributed by atoms with Gasteiger partial charge in [-0.15, -0.1) is 0 Å². The Morgan fingerprint density at radius 3 is 0.929 bits per heavy atom. The van der Waals surface area contributed by atoms with Crippen LogP contribution in [-0.4, -0.2) is 53.6 Å². The van der Waals surface area contributed by atoms with Crippen molar-refractivity contribution in [3.8, 4) is 0 Å². The second-order valence-electron chi connectivity index (χ2n) is 1.95. The van der Waals surface area contributed by atoms with Crippen LogP contribution >= 0.6 is 0 Å². The molecular formula is C8H16O6. The molecule has 0 aliphatic carbocycles. The van der Waals surface area contributed by atoms with Crippen molar-refractivity contribution in [2.45, 2.75) is 12.6 Å². The molecule has 0 saturated heterocycles. The van der Waals surface area contributed by atoms with E-state index < -0.39 is 12.6 Å². The Bertz CT molecular complexity index is 114. The van der Waals surface area contributed by atoms with Crippen LogP contribution in [0.2, 0.25) is 0 Å². The van der Waals surface area contributed by atoms with E-state index in [-0.39, 0.29) is 0 Å². The van der Waals surface area contributed by atoms with Crippen LogP contribution in [0.1, 0.15) is 0 Å². The number of methoxy groups -OCH3 is 4. The number of aldehydes is 2. The third kappa shape index (κ3) is 9.27. The van der Waals surface area contributed by atoms with E-state index in [1.54, 1.807) is 0 Å². The fourth-order valence-electron chi connectivity index (χ4n) is 0.415. The molecule has 0 N–H and O–H groups in total. The van der Waals surface area contributed by atoms with Crippen molar-refractivity contribution in [3.05, 3.63) is 0 Å². The lowest BCUT2D eigenvalue weighted by molar-refractivity contribution is -0.143. The molecule has 0 radical (unpaired) electrons. The summed E-state index contributed by atoms with van der Waals surface area (Å²) >= 11 is 0. The first kappa shape index (κ1) is 15.6. The van der Waals surface area contributed by atoms with E-state index >= 15 is 0 Å². The van der Waals surface area contributed by atoms with Crippen molar-refractivity contribution in [1.29, 1.82) is 0 Å². The predicted octanol–water partition coefficient (Wildman–Crippen LogP) is -0.392. The van der Waals surface area contributed by atoms with Crippen molar-refractivity contribution in [2.24, 2.45) is 0 Å². The summed E-state index contributed by atoms with van der Waals surface area (Å²) < 4.78 is 17.8. The number of hydrogen-bond donors (Lipinski definition) is 0. The second-order valence-corrected chi connectivity index (χ2v) is 1.95. The van der Waals surface area contributed by atoms with E-state index in [4.69, 9.17) is 0 Å². The summed E-state index contributed by atoms with van der Waals surface area (Å²) in [7, 11) is 5.62. The van der Waals surface area contributed by atoms with Gasteiger partial charge in [0.2, 0.25) is 12.6 Å². The quantitative estimate of drug-likeness (QED) is 0.437. The Morgan fingerprint density at radius 2 is 0.929 bits per heavy atom. The van der Waals surface area contributed by atoms with Crippen molar-refractivity contribution in [2.75, 3.05) is 28.4 Å². The molecule has 0 aromatic carbocycles. The van der Waals surface area contributed by atoms with Crippen molar-refractivity contribution in [3.63, 3.8) is 0 Å². The number of rotatable bonds is 6. The highest BCUT2D eigenvalue weighted by Crippen LogP contribution is 1.81. The number of carbonyl (C=O) groups is 2. The van der Waals surface area contributed by atoms with Gasteiger partial charge in [-0.3, -0.25) is 9.59 Å². The van der Waals surface area contributed by atoms with Gasteiger partial charge in [0.1, 0.15) is 0 Å². The molecule has 0 aromatic rings. The number of ether oxygens (including phenoxy) is 4. The van der Waals surface area contributed by atoms with Crippen LogP contribution in [0.25, 0.3) is 0 Å². The lowest BCUT2D eigenvalue weighted by Gasteiger charge is -2.01. The molecule has 84 valence electrons. The first-order valence-electron chi connectivity index (χ1n) is 3.71. The highest BCUT2D eigenvalue weighted by atomic mass is 16.7. The van der Waals surface area contributed by atoms with Crippen LogP contribution in [0.4, 0.5) is 0 Å². The largest absolute Gasteiger partial charge is 0.350 e. The summed E-state index contributed by atoms with van der Waals surface area (Å²) in [5.41, 5.74) is 0. The van der Waals surface area contributed by atoms with E-state index in [0.717, 1.165) is 0 Å². The van der Waals surface area contributed by atoms with E-state index in [1.165, 1.54) is 28.4 Å². The Balaban J connectivity index is 0. The highest BCUT2D eigenvalue weighted by molar-refractivity contribution is 5.53. The van der Waals surface area contributed by atoms with Crippen LogP contribution in [0, 0.1) is 0 Å². The average Bonchev–Trinajstić information content (AvgIpc) is 2.24. The van der Waals surface area contributed by atoms with Gasteiger partial charge in [0.15, 0.2) is 12.6 Å². The third-order valence-corrected chi connectivity index (χ3v) is 1.15. The molecule has 6 nitrogen and oxygen atoms in total. The maximum absolute atomic E-state index is 9.72. The average molecular weight is 208 g/mol. The van der Waals surface area contributed by atoms with E-state index in [0.29, 0.717) is 12.6 Å². The van der Waals surface area contributed by atoms with Crippen LogP contribution in [0.15, 0.2) is 0 Å². The Hall–Kier alpha value is -0.820. The zero-order valence-corrected chi connectivity index (χ0v) is 8.76. The zero-order valence-electron chi connectivity index (χ0n) is 8.76. The molecule has 0 aromatic heterocycles. The Morgan fingerprint density at radius 1 is 0.714 bits per heavy atom. The third-order valence-electron chi connectivity index (χ3n) is 1.15. The smallest absolute Gasteiger partial charge is 0.214 e. The SMILES string of the molecule is COC(C=O)OC.COC(C=O)OC. The summed E-state index contributed by atoms with van der Waals surface area (Å²) in [5, 5.41) is 0. The fourth-order valence-corrected chi connectivity index (χ4v) is 0.415. The summed E-state index contributed by atoms with van der Waals surface area (Å²) in [5.74, 6) is 0. The van der Waals surface area contributed by atoms with Gasteiger partial charge in [0, 0.05) is 28.4 Å². The number of hydrogen-bond acceptors (Lipinski definition) is 6. The van der Waals surface area contributed by atoms with Gasteiger partial charge >= 0.3 is 0 Å². The molecule has 0 aliphatic rings. The maximum Gasteiger partial charge on any atom is 0.214 e. The van der Waals surface area contributed by atoms with E-state index in [1.807, 2.05) is 0 Å². The first-order chi connectivity index (χ1) is 6.69. The van der Waals surface area contributed by atoms with Crippen LogP contribution in [-0.2, 0) is 28.5 Å². The van der Waals surface area contributed by atoms with Crippen LogP contribution < -0.4 is 0 Å². The van der Waals surface area contributed by atoms with Crippen molar-refractivity contribution >= 4 is 12.6 Å². The highest BCUT2D eigenvalue weighted by Gasteiger charge is 1.97. The lowest BCUT2D eigenvalue weighted by Crippen LogP contribution is -2.13. The van der Waals surface area contributed by atoms with Gasteiger partial charge in [-0.25, -0.2) is 0 Å². The van der Waals surface area contributed by atoms with Gasteiger partial charge in [-0.1, -0.05) is 0 Å². The molecular weight excluding hydrogens is 192 g/mol. The first-order valence-corrected chi connectivity index (χ1v) is 3.71. The topological polar surface area (TPSA) is 71.1 Å². The molecule has 0 saturated carbocycles. The molecule has 0 atom stereocenters. The molecule has 0 aliphatic heterocycles. The standard InChI is InChI=1S/2C4H8O3/c2*1-6-4(3-5)7-2/h2*3-4H,1-2H3. The fraction of sp³-hybridized carbons (Fsp3) is 0.750. The summed E-state index contributed by atoms with van der Waals surface area (Å²) in [6.45, 7) is 0. The predicted molar refractivity (Wildman–Crippen MR) is 47.7 cm³/mol. The van der Waals surface area contributed by atoms with E-state index in [2.05, 4.69) is 18.9 Å². The van der Waals surface area contributed by atoms with Gasteiger partial charge in [-0.2, -0.15) is 0 Å². The summed E-state index contributed by atoms with van der Waals surface area (Å²) in [6.07, 6.45) is -0.222. The lowest BCUT2D eigenvalue weighted by atomic mass is 10.7. The minimum Gasteiger partial charge on any atom is -0.350 e. The molecule has 0 bridgehead atoms. The molecule has 0 unspecified atom stereocenters. The molecule has 14 heavy (non-hydrogen) atoms. The van der Waals surface area contributed by atoms with Gasteiger partial charge in [0.25, 0.3) is 0 Å². The van der Waals surface area contributed by atoms with Gasteiger partial charge < -0.3 is 18.9 Å². The minimum atomic E-state index is -0.694. The molecule has 0 heterocycles. The summed E-state index contributed by atoms with van der Waals surface area (Å²) in [6, 6.07) is 0. The van der Waals surface area contributed by atoms with Gasteiger partial charge in [-0.05, 0) is 0 Å². The molecule has 0 fully saturated rings. The van der Waals surface area contributed by atoms with Crippen molar-refractivity contribution < 1.29 is 28.5 Å². The Kier molecular flexibility index (Phi) is 13.6. The maximum atomic E-state index is 9.72. The molecule has 6 heteroatoms. The zero-order chi connectivity index (χ0) is 11.4. The normalized spacial score (nSPS) is 9.57. The van der Waals surface area contributed by atoms with Crippen LogP contribution in [0.5, 0.6) is 0 Å². The molecule has 0 rings (SSSR count). The monoisotopic (exact) mass is 208 g/mol. The van der Waals surface area contributed by atoms with Gasteiger partial charge in [0.05, 0.1) is 0 Å². The summed E-state index contributed by atoms with van der Waals surface area (Å²) in [4.78, 5) is 19.4. The Labute approximate surface area is 83.1 Å². The minimum absolute atomic E-state index is 0.583.